The van der Waals surface area contributed by atoms with E-state index in [9.17, 15) is 14.8 Å². The highest BCUT2D eigenvalue weighted by Crippen LogP contribution is 2.26. The van der Waals surface area contributed by atoms with E-state index in [4.69, 9.17) is 0 Å². The van der Waals surface area contributed by atoms with Crippen molar-refractivity contribution in [3.8, 4) is 17.3 Å². The number of aliphatic hydroxyl groups is 1. The number of halogens is 1. The maximum Gasteiger partial charge on any atom is 0.225 e. The fraction of sp³-hybridized carbons (Fsp3) is 0.238. The van der Waals surface area contributed by atoms with Gasteiger partial charge in [0.25, 0.3) is 0 Å². The zero-order valence-electron chi connectivity index (χ0n) is 16.1. The molecule has 0 bridgehead atoms. The van der Waals surface area contributed by atoms with Gasteiger partial charge in [0, 0.05) is 24.0 Å². The van der Waals surface area contributed by atoms with Crippen LogP contribution in [0.1, 0.15) is 19.4 Å². The van der Waals surface area contributed by atoms with Crippen LogP contribution in [0.2, 0.25) is 0 Å². The van der Waals surface area contributed by atoms with E-state index in [1.807, 2.05) is 26.0 Å². The first-order valence-electron chi connectivity index (χ1n) is 9.14. The molecule has 0 aliphatic carbocycles. The summed E-state index contributed by atoms with van der Waals surface area (Å²) in [7, 11) is 0. The van der Waals surface area contributed by atoms with Crippen LogP contribution in [0.15, 0.2) is 48.8 Å². The third-order valence-electron chi connectivity index (χ3n) is 4.39. The number of nitrogens with one attached hydrogen (secondary N) is 2. The Morgan fingerprint density at radius 2 is 2.03 bits per heavy atom. The molecule has 0 spiro atoms. The Morgan fingerprint density at radius 1 is 1.21 bits per heavy atom. The van der Waals surface area contributed by atoms with E-state index < -0.39 is 5.82 Å². The van der Waals surface area contributed by atoms with Crippen LogP contribution in [-0.4, -0.2) is 32.7 Å². The van der Waals surface area contributed by atoms with Crippen LogP contribution in [0.3, 0.4) is 0 Å². The second-order valence-electron chi connectivity index (χ2n) is 6.78. The Labute approximate surface area is 168 Å². The van der Waals surface area contributed by atoms with Gasteiger partial charge >= 0.3 is 0 Å². The quantitative estimate of drug-likeness (QED) is 0.562. The van der Waals surface area contributed by atoms with Crippen molar-refractivity contribution in [1.29, 1.82) is 5.26 Å². The number of pyridine rings is 1. The fourth-order valence-electron chi connectivity index (χ4n) is 2.71. The molecule has 0 saturated heterocycles. The van der Waals surface area contributed by atoms with Crippen LogP contribution in [-0.2, 0) is 0 Å². The van der Waals surface area contributed by atoms with Crippen molar-refractivity contribution in [2.45, 2.75) is 19.9 Å². The van der Waals surface area contributed by atoms with Crippen molar-refractivity contribution in [3.05, 3.63) is 60.2 Å². The average molecular weight is 392 g/mol. The number of hydrogen-bond acceptors (Lipinski definition) is 7. The van der Waals surface area contributed by atoms with Crippen molar-refractivity contribution in [1.82, 2.24) is 15.0 Å². The predicted octanol–water partition coefficient (Wildman–Crippen LogP) is 3.72. The molecule has 2 aromatic heterocycles. The average Bonchev–Trinajstić information content (AvgIpc) is 2.72. The highest BCUT2D eigenvalue weighted by Gasteiger charge is 2.16. The van der Waals surface area contributed by atoms with E-state index in [1.165, 1.54) is 12.1 Å². The normalized spacial score (nSPS) is 11.7. The molecule has 0 aliphatic heterocycles. The van der Waals surface area contributed by atoms with Gasteiger partial charge in [-0.15, -0.1) is 0 Å². The Balaban J connectivity index is 2.03. The molecular weight excluding hydrogens is 371 g/mol. The summed E-state index contributed by atoms with van der Waals surface area (Å²) >= 11 is 0. The summed E-state index contributed by atoms with van der Waals surface area (Å²) in [4.78, 5) is 13.1. The highest BCUT2D eigenvalue weighted by atomic mass is 19.1. The lowest BCUT2D eigenvalue weighted by Crippen LogP contribution is -2.30. The molecule has 1 atom stereocenters. The first-order valence-corrected chi connectivity index (χ1v) is 9.14. The van der Waals surface area contributed by atoms with Crippen molar-refractivity contribution >= 4 is 17.5 Å². The van der Waals surface area contributed by atoms with E-state index in [0.29, 0.717) is 23.1 Å². The van der Waals surface area contributed by atoms with Crippen LogP contribution in [0, 0.1) is 23.1 Å². The second kappa shape index (κ2) is 9.08. The maximum atomic E-state index is 13.9. The van der Waals surface area contributed by atoms with E-state index in [2.05, 4.69) is 25.6 Å². The summed E-state index contributed by atoms with van der Waals surface area (Å²) in [6, 6.07) is 11.3. The van der Waals surface area contributed by atoms with Crippen molar-refractivity contribution < 1.29 is 9.50 Å². The van der Waals surface area contributed by atoms with Gasteiger partial charge in [-0.25, -0.2) is 9.37 Å². The van der Waals surface area contributed by atoms with E-state index in [0.717, 1.165) is 5.56 Å². The molecule has 3 rings (SSSR count). The number of benzene rings is 1. The molecule has 8 heteroatoms. The van der Waals surface area contributed by atoms with E-state index >= 15 is 0 Å². The first kappa shape index (κ1) is 20.2. The Kier molecular flexibility index (Phi) is 6.32. The molecule has 0 unspecified atom stereocenters. The molecule has 29 heavy (non-hydrogen) atoms. The third-order valence-corrected chi connectivity index (χ3v) is 4.39. The van der Waals surface area contributed by atoms with Gasteiger partial charge in [-0.1, -0.05) is 19.9 Å². The number of hydrogen-bond donors (Lipinski definition) is 3. The number of aliphatic hydroxyl groups excluding tert-OH is 1. The van der Waals surface area contributed by atoms with Crippen molar-refractivity contribution in [2.24, 2.45) is 5.92 Å². The summed E-state index contributed by atoms with van der Waals surface area (Å²) in [5, 5.41) is 25.0. The largest absolute Gasteiger partial charge is 0.394 e. The lowest BCUT2D eigenvalue weighted by atomic mass is 10.1. The lowest BCUT2D eigenvalue weighted by Gasteiger charge is -2.20. The fourth-order valence-corrected chi connectivity index (χ4v) is 2.71. The van der Waals surface area contributed by atoms with Gasteiger partial charge in [-0.05, 0) is 30.2 Å². The third kappa shape index (κ3) is 4.83. The minimum atomic E-state index is -0.613. The summed E-state index contributed by atoms with van der Waals surface area (Å²) in [5.74, 6) is 0.216. The highest BCUT2D eigenvalue weighted by molar-refractivity contribution is 5.69. The summed E-state index contributed by atoms with van der Waals surface area (Å²) in [6.07, 6.45) is 3.33. The predicted molar refractivity (Wildman–Crippen MR) is 109 cm³/mol. The molecule has 7 nitrogen and oxygen atoms in total. The number of nitrogens with zero attached hydrogens (tertiary/aromatic N) is 4. The van der Waals surface area contributed by atoms with Gasteiger partial charge in [0.1, 0.15) is 23.3 Å². The van der Waals surface area contributed by atoms with Gasteiger partial charge in [0.2, 0.25) is 5.95 Å². The molecule has 3 aromatic rings. The van der Waals surface area contributed by atoms with E-state index in [1.54, 1.807) is 30.6 Å². The minimum Gasteiger partial charge on any atom is -0.394 e. The van der Waals surface area contributed by atoms with Gasteiger partial charge in [0.15, 0.2) is 0 Å². The molecule has 1 aromatic carbocycles. The first-order chi connectivity index (χ1) is 14.0. The minimum absolute atomic E-state index is 0.0800. The molecule has 0 saturated carbocycles. The van der Waals surface area contributed by atoms with Crippen LogP contribution < -0.4 is 10.6 Å². The topological polar surface area (TPSA) is 107 Å². The second-order valence-corrected chi connectivity index (χ2v) is 6.78. The molecule has 0 radical (unpaired) electrons. The SMILES string of the molecule is CC(C)[C@H](CO)Nc1nc(Nc2cccc(F)c2C#N)cc(-c2cccnc2)n1. The summed E-state index contributed by atoms with van der Waals surface area (Å²) in [6.45, 7) is 3.87. The zero-order chi connectivity index (χ0) is 20.8. The maximum absolute atomic E-state index is 13.9. The summed E-state index contributed by atoms with van der Waals surface area (Å²) < 4.78 is 13.9. The number of anilines is 3. The van der Waals surface area contributed by atoms with Crippen LogP contribution >= 0.6 is 0 Å². The van der Waals surface area contributed by atoms with Crippen LogP contribution in [0.5, 0.6) is 0 Å². The molecule has 148 valence electrons. The van der Waals surface area contributed by atoms with Gasteiger partial charge in [-0.3, -0.25) is 4.98 Å². The smallest absolute Gasteiger partial charge is 0.225 e. The standard InChI is InChI=1S/C21H21FN6O/c1-13(2)19(12-29)27-21-26-18(14-5-4-8-24-11-14)9-20(28-21)25-17-7-3-6-16(22)15(17)10-23/h3-9,11,13,19,29H,12H2,1-2H3,(H2,25,26,27,28)/t19-/m0/s1. The molecule has 0 fully saturated rings. The Bertz CT molecular complexity index is 1020. The zero-order valence-corrected chi connectivity index (χ0v) is 16.1. The molecular formula is C21H21FN6O. The Morgan fingerprint density at radius 3 is 2.69 bits per heavy atom. The van der Waals surface area contributed by atoms with Gasteiger partial charge in [0.05, 0.1) is 24.0 Å². The molecule has 0 aliphatic rings. The van der Waals surface area contributed by atoms with Crippen molar-refractivity contribution in [3.63, 3.8) is 0 Å². The number of nitriles is 1. The van der Waals surface area contributed by atoms with Crippen LogP contribution in [0.4, 0.5) is 21.8 Å². The van der Waals surface area contributed by atoms with Crippen molar-refractivity contribution in [2.75, 3.05) is 17.2 Å². The lowest BCUT2D eigenvalue weighted by molar-refractivity contribution is 0.248. The number of rotatable bonds is 7. The Hall–Kier alpha value is -3.57. The molecule has 2 heterocycles. The van der Waals surface area contributed by atoms with Gasteiger partial charge in [-0.2, -0.15) is 10.2 Å². The number of aromatic nitrogens is 3. The van der Waals surface area contributed by atoms with E-state index in [-0.39, 0.29) is 24.1 Å². The molecule has 3 N–H and O–H groups in total. The summed E-state index contributed by atoms with van der Waals surface area (Å²) in [5.41, 5.74) is 1.56. The monoisotopic (exact) mass is 392 g/mol. The molecule has 0 amide bonds. The van der Waals surface area contributed by atoms with Crippen LogP contribution in [0.25, 0.3) is 11.3 Å². The van der Waals surface area contributed by atoms with Gasteiger partial charge < -0.3 is 15.7 Å².